The Bertz CT molecular complexity index is 709. The molecule has 0 spiro atoms. The van der Waals surface area contributed by atoms with Crippen LogP contribution in [0.15, 0.2) is 57.8 Å². The highest BCUT2D eigenvalue weighted by atomic mass is 14.9. The van der Waals surface area contributed by atoms with Crippen LogP contribution in [0.2, 0.25) is 0 Å². The van der Waals surface area contributed by atoms with Gasteiger partial charge in [0.15, 0.2) is 11.4 Å². The molecule has 1 heterocycles. The number of benzene rings is 1. The average Bonchev–Trinajstić information content (AvgIpc) is 2.64. The lowest BCUT2D eigenvalue weighted by Crippen LogP contribution is -2.15. The van der Waals surface area contributed by atoms with E-state index in [2.05, 4.69) is 9.98 Å². The molecule has 0 aromatic heterocycles. The Morgan fingerprint density at radius 3 is 2.30 bits per heavy atom. The Morgan fingerprint density at radius 2 is 1.65 bits per heavy atom. The van der Waals surface area contributed by atoms with Gasteiger partial charge in [-0.05, 0) is 11.6 Å². The molecular weight excluding hydrogens is 250 g/mol. The topological polar surface area (TPSA) is 98.3 Å². The van der Waals surface area contributed by atoms with Crippen molar-refractivity contribution in [3.63, 3.8) is 0 Å². The minimum atomic E-state index is -0.0480. The molecule has 0 fully saturated rings. The number of rotatable bonds is 2. The fourth-order valence-corrected chi connectivity index (χ4v) is 1.67. The van der Waals surface area contributed by atoms with Crippen molar-refractivity contribution >= 4 is 17.6 Å². The minimum Gasteiger partial charge on any atom is -0.387 e. The molecule has 0 atom stereocenters. The zero-order valence-corrected chi connectivity index (χ0v) is 10.6. The van der Waals surface area contributed by atoms with E-state index in [0.717, 1.165) is 5.56 Å². The van der Waals surface area contributed by atoms with Crippen LogP contribution in [-0.4, -0.2) is 11.5 Å². The van der Waals surface area contributed by atoms with Crippen LogP contribution in [0, 0.1) is 22.7 Å². The van der Waals surface area contributed by atoms with Gasteiger partial charge in [0.25, 0.3) is 0 Å². The fourth-order valence-electron chi connectivity index (χ4n) is 1.67. The minimum absolute atomic E-state index is 0.0133. The summed E-state index contributed by atoms with van der Waals surface area (Å²) in [6, 6.07) is 13.4. The molecule has 1 aliphatic heterocycles. The first kappa shape index (κ1) is 13.3. The third-order valence-electron chi connectivity index (χ3n) is 2.58. The Hall–Kier alpha value is -3.18. The Balaban J connectivity index is 2.34. The lowest BCUT2D eigenvalue weighted by atomic mass is 10.1. The predicted octanol–water partition coefficient (Wildman–Crippen LogP) is 2.16. The van der Waals surface area contributed by atoms with Crippen LogP contribution >= 0.6 is 0 Å². The van der Waals surface area contributed by atoms with E-state index in [1.807, 2.05) is 48.5 Å². The Labute approximate surface area is 116 Å². The van der Waals surface area contributed by atoms with Crippen molar-refractivity contribution in [2.75, 3.05) is 0 Å². The largest absolute Gasteiger partial charge is 0.387 e. The number of aliphatic imine (C=N–C) groups is 2. The first-order chi connectivity index (χ1) is 9.72. The van der Waals surface area contributed by atoms with Gasteiger partial charge in [0.1, 0.15) is 18.0 Å². The number of amidine groups is 1. The zero-order valence-electron chi connectivity index (χ0n) is 10.6. The molecule has 1 aromatic carbocycles. The van der Waals surface area contributed by atoms with Gasteiger partial charge in [-0.2, -0.15) is 10.5 Å². The van der Waals surface area contributed by atoms with Crippen molar-refractivity contribution < 1.29 is 0 Å². The van der Waals surface area contributed by atoms with Crippen molar-refractivity contribution in [3.05, 3.63) is 53.4 Å². The second-order valence-corrected chi connectivity index (χ2v) is 4.05. The molecule has 20 heavy (non-hydrogen) atoms. The Kier molecular flexibility index (Phi) is 4.06. The first-order valence-electron chi connectivity index (χ1n) is 5.91. The van der Waals surface area contributed by atoms with Gasteiger partial charge in [-0.15, -0.1) is 0 Å². The summed E-state index contributed by atoms with van der Waals surface area (Å²) in [7, 11) is 0. The summed E-state index contributed by atoms with van der Waals surface area (Å²) in [5.74, 6) is 0.267. The second kappa shape index (κ2) is 6.12. The van der Waals surface area contributed by atoms with Gasteiger partial charge in [0.05, 0.1) is 0 Å². The number of hydrogen-bond acceptors (Lipinski definition) is 5. The van der Waals surface area contributed by atoms with Crippen molar-refractivity contribution in [3.8, 4) is 12.1 Å². The van der Waals surface area contributed by atoms with Gasteiger partial charge < -0.3 is 5.73 Å². The SMILES string of the molecule is N#CC1=C(C#N)N=C(/C=C/c2ccccc2)CC(N)=N1. The van der Waals surface area contributed by atoms with Gasteiger partial charge in [0, 0.05) is 12.1 Å². The van der Waals surface area contributed by atoms with Crippen molar-refractivity contribution in [1.29, 1.82) is 10.5 Å². The van der Waals surface area contributed by atoms with Gasteiger partial charge in [0.2, 0.25) is 0 Å². The Morgan fingerprint density at radius 1 is 1.00 bits per heavy atom. The molecule has 0 unspecified atom stereocenters. The molecule has 0 bridgehead atoms. The van der Waals surface area contributed by atoms with Crippen molar-refractivity contribution in [2.45, 2.75) is 6.42 Å². The molecule has 1 aromatic rings. The van der Waals surface area contributed by atoms with Crippen LogP contribution in [-0.2, 0) is 0 Å². The zero-order chi connectivity index (χ0) is 14.4. The van der Waals surface area contributed by atoms with E-state index in [4.69, 9.17) is 16.3 Å². The maximum atomic E-state index is 9.01. The highest BCUT2D eigenvalue weighted by molar-refractivity contribution is 6.11. The molecule has 0 saturated carbocycles. The molecule has 5 nitrogen and oxygen atoms in total. The molecule has 0 aliphatic carbocycles. The molecule has 0 radical (unpaired) electrons. The summed E-state index contributed by atoms with van der Waals surface area (Å²) in [5.41, 5.74) is 7.26. The molecular formula is C15H11N5. The summed E-state index contributed by atoms with van der Waals surface area (Å²) < 4.78 is 0. The summed E-state index contributed by atoms with van der Waals surface area (Å²) in [5, 5.41) is 17.9. The summed E-state index contributed by atoms with van der Waals surface area (Å²) >= 11 is 0. The second-order valence-electron chi connectivity index (χ2n) is 4.05. The van der Waals surface area contributed by atoms with Crippen LogP contribution in [0.3, 0.4) is 0 Å². The molecule has 1 aliphatic rings. The average molecular weight is 261 g/mol. The number of nitrogens with zero attached hydrogens (tertiary/aromatic N) is 4. The number of hydrogen-bond donors (Lipinski definition) is 1. The molecule has 0 amide bonds. The third kappa shape index (κ3) is 3.18. The maximum Gasteiger partial charge on any atom is 0.178 e. The van der Waals surface area contributed by atoms with Crippen LogP contribution in [0.1, 0.15) is 12.0 Å². The van der Waals surface area contributed by atoms with E-state index in [0.29, 0.717) is 12.1 Å². The van der Waals surface area contributed by atoms with E-state index in [9.17, 15) is 0 Å². The highest BCUT2D eigenvalue weighted by Gasteiger charge is 2.12. The summed E-state index contributed by atoms with van der Waals surface area (Å²) in [6.45, 7) is 0. The molecule has 2 N–H and O–H groups in total. The maximum absolute atomic E-state index is 9.01. The highest BCUT2D eigenvalue weighted by Crippen LogP contribution is 2.13. The first-order valence-corrected chi connectivity index (χ1v) is 5.91. The monoisotopic (exact) mass is 261 g/mol. The van der Waals surface area contributed by atoms with Crippen molar-refractivity contribution in [2.24, 2.45) is 15.7 Å². The smallest absolute Gasteiger partial charge is 0.178 e. The number of nitriles is 2. The molecule has 5 heteroatoms. The quantitative estimate of drug-likeness (QED) is 0.882. The normalized spacial score (nSPS) is 15.1. The lowest BCUT2D eigenvalue weighted by Gasteiger charge is -1.97. The lowest BCUT2D eigenvalue weighted by molar-refractivity contribution is 1.27. The van der Waals surface area contributed by atoms with Gasteiger partial charge in [-0.1, -0.05) is 36.4 Å². The van der Waals surface area contributed by atoms with Crippen LogP contribution in [0.5, 0.6) is 0 Å². The van der Waals surface area contributed by atoms with E-state index in [1.54, 1.807) is 6.08 Å². The van der Waals surface area contributed by atoms with Gasteiger partial charge >= 0.3 is 0 Å². The fraction of sp³-hybridized carbons (Fsp3) is 0.0667. The van der Waals surface area contributed by atoms with E-state index in [1.165, 1.54) is 0 Å². The number of allylic oxidation sites excluding steroid dienone is 3. The summed E-state index contributed by atoms with van der Waals surface area (Å²) in [4.78, 5) is 8.04. The standard InChI is InChI=1S/C15H11N5/c16-9-13-14(10-17)20-15(18)8-12(19-13)7-6-11-4-2-1-3-5-11/h1-7H,8H2,(H2,18,20)/b7-6+. The van der Waals surface area contributed by atoms with Crippen LogP contribution in [0.25, 0.3) is 6.08 Å². The van der Waals surface area contributed by atoms with E-state index >= 15 is 0 Å². The molecule has 0 saturated heterocycles. The predicted molar refractivity (Wildman–Crippen MR) is 77.4 cm³/mol. The number of nitrogens with two attached hydrogens (primary N) is 1. The molecule has 96 valence electrons. The third-order valence-corrected chi connectivity index (χ3v) is 2.58. The van der Waals surface area contributed by atoms with Gasteiger partial charge in [-0.25, -0.2) is 9.98 Å². The molecule has 2 rings (SSSR count). The van der Waals surface area contributed by atoms with E-state index < -0.39 is 0 Å². The van der Waals surface area contributed by atoms with Crippen LogP contribution < -0.4 is 5.73 Å². The van der Waals surface area contributed by atoms with Gasteiger partial charge in [-0.3, -0.25) is 0 Å². The van der Waals surface area contributed by atoms with Crippen LogP contribution in [0.4, 0.5) is 0 Å². The van der Waals surface area contributed by atoms with E-state index in [-0.39, 0.29) is 17.2 Å². The summed E-state index contributed by atoms with van der Waals surface area (Å²) in [6.07, 6.45) is 3.95. The van der Waals surface area contributed by atoms with Crippen molar-refractivity contribution in [1.82, 2.24) is 0 Å².